The zero-order valence-corrected chi connectivity index (χ0v) is 15.3. The number of carbonyl (C=O) groups is 1. The normalized spacial score (nSPS) is 18.8. The van der Waals surface area contributed by atoms with Gasteiger partial charge in [0, 0.05) is 25.7 Å². The van der Waals surface area contributed by atoms with Gasteiger partial charge in [-0.1, -0.05) is 23.8 Å². The summed E-state index contributed by atoms with van der Waals surface area (Å²) in [6.07, 6.45) is 4.91. The van der Waals surface area contributed by atoms with Crippen LogP contribution in [0.1, 0.15) is 31.1 Å². The minimum atomic E-state index is 0.0445. The summed E-state index contributed by atoms with van der Waals surface area (Å²) in [6, 6.07) is 8.74. The zero-order valence-electron chi connectivity index (χ0n) is 15.3. The highest BCUT2D eigenvalue weighted by atomic mass is 16.5. The van der Waals surface area contributed by atoms with Crippen LogP contribution in [0.15, 0.2) is 35.9 Å². The number of amides is 2. The van der Waals surface area contributed by atoms with E-state index in [1.54, 1.807) is 0 Å². The van der Waals surface area contributed by atoms with Crippen molar-refractivity contribution in [1.82, 2.24) is 19.8 Å². The van der Waals surface area contributed by atoms with E-state index in [2.05, 4.69) is 46.1 Å². The Morgan fingerprint density at radius 2 is 2.12 bits per heavy atom. The van der Waals surface area contributed by atoms with E-state index >= 15 is 0 Å². The molecule has 138 valence electrons. The molecular weight excluding hydrogens is 328 g/mol. The summed E-state index contributed by atoms with van der Waals surface area (Å²) in [4.78, 5) is 19.1. The van der Waals surface area contributed by atoms with Crippen LogP contribution in [0.2, 0.25) is 0 Å². The van der Waals surface area contributed by atoms with Crippen molar-refractivity contribution < 1.29 is 9.53 Å². The van der Waals surface area contributed by atoms with Crippen LogP contribution in [0.5, 0.6) is 0 Å². The van der Waals surface area contributed by atoms with Crippen LogP contribution in [0.25, 0.3) is 11.0 Å². The molecule has 0 saturated carbocycles. The molecule has 3 heterocycles. The Balaban J connectivity index is 1.35. The Morgan fingerprint density at radius 3 is 2.88 bits per heavy atom. The second-order valence-corrected chi connectivity index (χ2v) is 7.08. The standard InChI is InChI=1S/C20H26N4O2/c1-15-22-18-4-2-3-5-19(18)24(15)17-6-10-23(11-7-17)20(25)21-14-16-8-12-26-13-9-16/h2-5,8,17H,6-7,9-14H2,1H3,(H,21,25). The van der Waals surface area contributed by atoms with Crippen LogP contribution >= 0.6 is 0 Å². The number of aromatic nitrogens is 2. The van der Waals surface area contributed by atoms with Crippen LogP contribution in [0.3, 0.4) is 0 Å². The molecule has 2 aliphatic heterocycles. The van der Waals surface area contributed by atoms with Gasteiger partial charge in [-0.25, -0.2) is 9.78 Å². The lowest BCUT2D eigenvalue weighted by Gasteiger charge is -2.33. The highest BCUT2D eigenvalue weighted by molar-refractivity contribution is 5.76. The van der Waals surface area contributed by atoms with E-state index in [1.165, 1.54) is 11.1 Å². The van der Waals surface area contributed by atoms with Gasteiger partial charge >= 0.3 is 6.03 Å². The van der Waals surface area contributed by atoms with Crippen molar-refractivity contribution in [2.24, 2.45) is 0 Å². The van der Waals surface area contributed by atoms with Crippen LogP contribution in [-0.2, 0) is 4.74 Å². The minimum Gasteiger partial charge on any atom is -0.377 e. The fraction of sp³-hybridized carbons (Fsp3) is 0.500. The van der Waals surface area contributed by atoms with Crippen molar-refractivity contribution in [1.29, 1.82) is 0 Å². The molecule has 0 radical (unpaired) electrons. The molecule has 1 fully saturated rings. The highest BCUT2D eigenvalue weighted by Crippen LogP contribution is 2.28. The van der Waals surface area contributed by atoms with Crippen molar-refractivity contribution in [2.45, 2.75) is 32.2 Å². The summed E-state index contributed by atoms with van der Waals surface area (Å²) in [6.45, 7) is 5.68. The number of rotatable bonds is 3. The van der Waals surface area contributed by atoms with Crippen molar-refractivity contribution in [2.75, 3.05) is 32.8 Å². The molecule has 0 bridgehead atoms. The van der Waals surface area contributed by atoms with Crippen molar-refractivity contribution in [3.8, 4) is 0 Å². The maximum Gasteiger partial charge on any atom is 0.317 e. The predicted octanol–water partition coefficient (Wildman–Crippen LogP) is 3.04. The third-order valence-corrected chi connectivity index (χ3v) is 5.41. The molecule has 2 aliphatic rings. The molecule has 6 nitrogen and oxygen atoms in total. The van der Waals surface area contributed by atoms with Gasteiger partial charge in [0.2, 0.25) is 0 Å². The Labute approximate surface area is 153 Å². The lowest BCUT2D eigenvalue weighted by molar-refractivity contribution is 0.152. The number of aryl methyl sites for hydroxylation is 1. The highest BCUT2D eigenvalue weighted by Gasteiger charge is 2.25. The number of fused-ring (bicyclic) bond motifs is 1. The van der Waals surface area contributed by atoms with Crippen molar-refractivity contribution in [3.63, 3.8) is 0 Å². The van der Waals surface area contributed by atoms with E-state index in [9.17, 15) is 4.79 Å². The third kappa shape index (κ3) is 3.46. The molecule has 0 unspecified atom stereocenters. The molecule has 4 rings (SSSR count). The average molecular weight is 354 g/mol. The monoisotopic (exact) mass is 354 g/mol. The number of imidazole rings is 1. The number of hydrogen-bond donors (Lipinski definition) is 1. The third-order valence-electron chi connectivity index (χ3n) is 5.41. The molecule has 1 aromatic carbocycles. The maximum absolute atomic E-state index is 12.5. The van der Waals surface area contributed by atoms with Gasteiger partial charge in [0.05, 0.1) is 24.2 Å². The predicted molar refractivity (Wildman–Crippen MR) is 101 cm³/mol. The summed E-state index contributed by atoms with van der Waals surface area (Å²) in [7, 11) is 0. The molecular formula is C20H26N4O2. The second-order valence-electron chi connectivity index (χ2n) is 7.08. The molecule has 1 N–H and O–H groups in total. The first-order chi connectivity index (χ1) is 12.7. The van der Waals surface area contributed by atoms with Gasteiger partial charge < -0.3 is 19.5 Å². The van der Waals surface area contributed by atoms with Gasteiger partial charge in [0.25, 0.3) is 0 Å². The first-order valence-electron chi connectivity index (χ1n) is 9.44. The number of nitrogens with zero attached hydrogens (tertiary/aromatic N) is 3. The zero-order chi connectivity index (χ0) is 17.9. The van der Waals surface area contributed by atoms with E-state index in [-0.39, 0.29) is 6.03 Å². The smallest absolute Gasteiger partial charge is 0.317 e. The van der Waals surface area contributed by atoms with E-state index < -0.39 is 0 Å². The molecule has 0 spiro atoms. The lowest BCUT2D eigenvalue weighted by Crippen LogP contribution is -2.45. The minimum absolute atomic E-state index is 0.0445. The van der Waals surface area contributed by atoms with Crippen LogP contribution in [0.4, 0.5) is 4.79 Å². The number of hydrogen-bond acceptors (Lipinski definition) is 3. The van der Waals surface area contributed by atoms with Gasteiger partial charge in [-0.15, -0.1) is 0 Å². The number of urea groups is 1. The number of para-hydroxylation sites is 2. The number of ether oxygens (including phenoxy) is 1. The Morgan fingerprint density at radius 1 is 1.31 bits per heavy atom. The number of nitrogens with one attached hydrogen (secondary N) is 1. The number of benzene rings is 1. The van der Waals surface area contributed by atoms with Gasteiger partial charge in [0.1, 0.15) is 5.82 Å². The van der Waals surface area contributed by atoms with Crippen molar-refractivity contribution >= 4 is 17.1 Å². The Bertz CT molecular complexity index is 818. The number of piperidine rings is 1. The summed E-state index contributed by atoms with van der Waals surface area (Å²) >= 11 is 0. The Kier molecular flexibility index (Phi) is 4.93. The molecule has 6 heteroatoms. The quantitative estimate of drug-likeness (QED) is 0.862. The molecule has 0 aliphatic carbocycles. The molecule has 1 saturated heterocycles. The van der Waals surface area contributed by atoms with E-state index in [0.29, 0.717) is 19.2 Å². The van der Waals surface area contributed by atoms with Gasteiger partial charge in [-0.2, -0.15) is 0 Å². The summed E-state index contributed by atoms with van der Waals surface area (Å²) in [5, 5.41) is 3.06. The maximum atomic E-state index is 12.5. The molecule has 2 amide bonds. The van der Waals surface area contributed by atoms with Gasteiger partial charge in [-0.05, 0) is 38.3 Å². The largest absolute Gasteiger partial charge is 0.377 e. The topological polar surface area (TPSA) is 59.4 Å². The SMILES string of the molecule is Cc1nc2ccccc2n1C1CCN(C(=O)NCC2=CCOCC2)CC1. The first kappa shape index (κ1) is 17.1. The average Bonchev–Trinajstić information content (AvgIpc) is 3.03. The van der Waals surface area contributed by atoms with Crippen LogP contribution in [-0.4, -0.2) is 53.3 Å². The number of likely N-dealkylation sites (tertiary alicyclic amines) is 1. The Hall–Kier alpha value is -2.34. The first-order valence-corrected chi connectivity index (χ1v) is 9.44. The fourth-order valence-corrected chi connectivity index (χ4v) is 3.98. The molecule has 2 aromatic rings. The van der Waals surface area contributed by atoms with Crippen molar-refractivity contribution in [3.05, 3.63) is 41.7 Å². The van der Waals surface area contributed by atoms with E-state index in [4.69, 9.17) is 4.74 Å². The summed E-state index contributed by atoms with van der Waals surface area (Å²) in [5.74, 6) is 1.06. The van der Waals surface area contributed by atoms with Crippen LogP contribution in [0, 0.1) is 6.92 Å². The van der Waals surface area contributed by atoms with Gasteiger partial charge in [0.15, 0.2) is 0 Å². The fourth-order valence-electron chi connectivity index (χ4n) is 3.98. The second kappa shape index (κ2) is 7.50. The summed E-state index contributed by atoms with van der Waals surface area (Å²) < 4.78 is 7.65. The molecule has 0 atom stereocenters. The van der Waals surface area contributed by atoms with Crippen LogP contribution < -0.4 is 5.32 Å². The molecule has 26 heavy (non-hydrogen) atoms. The molecule has 1 aromatic heterocycles. The lowest BCUT2D eigenvalue weighted by atomic mass is 10.0. The number of carbonyl (C=O) groups excluding carboxylic acids is 1. The van der Waals surface area contributed by atoms with E-state index in [0.717, 1.165) is 50.3 Å². The van der Waals surface area contributed by atoms with E-state index in [1.807, 2.05) is 11.0 Å². The summed E-state index contributed by atoms with van der Waals surface area (Å²) in [5.41, 5.74) is 3.51. The van der Waals surface area contributed by atoms with Gasteiger partial charge in [-0.3, -0.25) is 0 Å².